The SMILES string of the molecule is CC(C)c1cc2c(c(-c3ccccc3)c1)OC(CN)C2. The Morgan fingerprint density at radius 1 is 1.20 bits per heavy atom. The first-order valence-electron chi connectivity index (χ1n) is 7.28. The normalized spacial score (nSPS) is 17.1. The predicted molar refractivity (Wildman–Crippen MR) is 83.1 cm³/mol. The van der Waals surface area contributed by atoms with Crippen molar-refractivity contribution in [2.45, 2.75) is 32.3 Å². The summed E-state index contributed by atoms with van der Waals surface area (Å²) in [6.07, 6.45) is 1.04. The highest BCUT2D eigenvalue weighted by molar-refractivity contribution is 5.74. The van der Waals surface area contributed by atoms with Gasteiger partial charge in [0.25, 0.3) is 0 Å². The highest BCUT2D eigenvalue weighted by Gasteiger charge is 2.26. The Labute approximate surface area is 120 Å². The van der Waals surface area contributed by atoms with Gasteiger partial charge in [-0.3, -0.25) is 0 Å². The Morgan fingerprint density at radius 2 is 1.95 bits per heavy atom. The lowest BCUT2D eigenvalue weighted by Crippen LogP contribution is -2.24. The standard InChI is InChI=1S/C18H21NO/c1-12(2)14-8-15-9-16(11-19)20-18(15)17(10-14)13-6-4-3-5-7-13/h3-8,10,12,16H,9,11,19H2,1-2H3. The Kier molecular flexibility index (Phi) is 3.49. The van der Waals surface area contributed by atoms with Gasteiger partial charge in [0.1, 0.15) is 11.9 Å². The van der Waals surface area contributed by atoms with Gasteiger partial charge in [0.05, 0.1) is 0 Å². The van der Waals surface area contributed by atoms with Crippen LogP contribution in [0.1, 0.15) is 30.9 Å². The Hall–Kier alpha value is -1.80. The highest BCUT2D eigenvalue weighted by atomic mass is 16.5. The minimum Gasteiger partial charge on any atom is -0.488 e. The molecule has 1 aliphatic heterocycles. The van der Waals surface area contributed by atoms with Crippen molar-refractivity contribution in [1.82, 2.24) is 0 Å². The van der Waals surface area contributed by atoms with Gasteiger partial charge in [0.2, 0.25) is 0 Å². The third kappa shape index (κ3) is 2.32. The topological polar surface area (TPSA) is 35.2 Å². The Bertz CT molecular complexity index is 604. The zero-order chi connectivity index (χ0) is 14.1. The number of benzene rings is 2. The molecule has 0 aliphatic carbocycles. The zero-order valence-corrected chi connectivity index (χ0v) is 12.1. The summed E-state index contributed by atoms with van der Waals surface area (Å²) >= 11 is 0. The number of ether oxygens (including phenoxy) is 1. The fraction of sp³-hybridized carbons (Fsp3) is 0.333. The van der Waals surface area contributed by atoms with Crippen LogP contribution in [0.15, 0.2) is 42.5 Å². The first-order valence-corrected chi connectivity index (χ1v) is 7.28. The number of hydrogen-bond acceptors (Lipinski definition) is 2. The van der Waals surface area contributed by atoms with Gasteiger partial charge in [0.15, 0.2) is 0 Å². The van der Waals surface area contributed by atoms with E-state index >= 15 is 0 Å². The lowest BCUT2D eigenvalue weighted by molar-refractivity contribution is 0.242. The van der Waals surface area contributed by atoms with Gasteiger partial charge >= 0.3 is 0 Å². The summed E-state index contributed by atoms with van der Waals surface area (Å²) < 4.78 is 6.05. The van der Waals surface area contributed by atoms with Crippen LogP contribution in [-0.4, -0.2) is 12.6 Å². The van der Waals surface area contributed by atoms with Crippen molar-refractivity contribution in [3.8, 4) is 16.9 Å². The van der Waals surface area contributed by atoms with E-state index in [0.717, 1.165) is 12.2 Å². The molecule has 20 heavy (non-hydrogen) atoms. The van der Waals surface area contributed by atoms with E-state index in [9.17, 15) is 0 Å². The summed E-state index contributed by atoms with van der Waals surface area (Å²) in [4.78, 5) is 0. The molecule has 2 aromatic carbocycles. The Morgan fingerprint density at radius 3 is 2.60 bits per heavy atom. The van der Waals surface area contributed by atoms with Crippen molar-refractivity contribution in [2.75, 3.05) is 6.54 Å². The monoisotopic (exact) mass is 267 g/mol. The van der Waals surface area contributed by atoms with E-state index in [1.807, 2.05) is 6.07 Å². The second kappa shape index (κ2) is 5.29. The van der Waals surface area contributed by atoms with Crippen LogP contribution in [0.3, 0.4) is 0 Å². The Balaban J connectivity index is 2.14. The fourth-order valence-electron chi connectivity index (χ4n) is 2.75. The summed E-state index contributed by atoms with van der Waals surface area (Å²) in [7, 11) is 0. The predicted octanol–water partition coefficient (Wildman–Crippen LogP) is 3.74. The molecule has 0 bridgehead atoms. The smallest absolute Gasteiger partial charge is 0.130 e. The van der Waals surface area contributed by atoms with Gasteiger partial charge in [-0.05, 0) is 28.7 Å². The van der Waals surface area contributed by atoms with Crippen LogP contribution in [0.2, 0.25) is 0 Å². The molecule has 0 spiro atoms. The summed E-state index contributed by atoms with van der Waals surface area (Å²) in [5.74, 6) is 1.54. The third-order valence-corrected chi connectivity index (χ3v) is 3.93. The maximum Gasteiger partial charge on any atom is 0.130 e. The number of hydrogen-bond donors (Lipinski definition) is 1. The minimum absolute atomic E-state index is 0.120. The van der Waals surface area contributed by atoms with Gasteiger partial charge in [-0.15, -0.1) is 0 Å². The lowest BCUT2D eigenvalue weighted by Gasteiger charge is -2.14. The number of nitrogens with two attached hydrogens (primary N) is 1. The van der Waals surface area contributed by atoms with Crippen LogP contribution >= 0.6 is 0 Å². The first kappa shape index (κ1) is 13.2. The van der Waals surface area contributed by atoms with E-state index in [1.54, 1.807) is 0 Å². The van der Waals surface area contributed by atoms with Crippen molar-refractivity contribution >= 4 is 0 Å². The molecular weight excluding hydrogens is 246 g/mol. The molecule has 2 nitrogen and oxygen atoms in total. The van der Waals surface area contributed by atoms with Gasteiger partial charge in [-0.2, -0.15) is 0 Å². The molecule has 1 unspecified atom stereocenters. The largest absolute Gasteiger partial charge is 0.488 e. The first-order chi connectivity index (χ1) is 9.69. The van der Waals surface area contributed by atoms with Crippen LogP contribution in [0.5, 0.6) is 5.75 Å². The molecule has 0 saturated heterocycles. The van der Waals surface area contributed by atoms with Crippen LogP contribution < -0.4 is 10.5 Å². The van der Waals surface area contributed by atoms with Crippen molar-refractivity contribution in [3.63, 3.8) is 0 Å². The van der Waals surface area contributed by atoms with E-state index in [1.165, 1.54) is 22.3 Å². The molecule has 1 atom stereocenters. The van der Waals surface area contributed by atoms with Gasteiger partial charge in [-0.25, -0.2) is 0 Å². The number of fused-ring (bicyclic) bond motifs is 1. The molecule has 1 aliphatic rings. The fourth-order valence-corrected chi connectivity index (χ4v) is 2.75. The molecule has 0 saturated carbocycles. The van der Waals surface area contributed by atoms with Crippen molar-refractivity contribution in [2.24, 2.45) is 5.73 Å². The maximum absolute atomic E-state index is 6.05. The molecule has 0 fully saturated rings. The summed E-state index contributed by atoms with van der Waals surface area (Å²) in [5, 5.41) is 0. The molecule has 104 valence electrons. The summed E-state index contributed by atoms with van der Waals surface area (Å²) in [6, 6.07) is 15.0. The molecule has 2 aromatic rings. The van der Waals surface area contributed by atoms with Crippen LogP contribution in [0.25, 0.3) is 11.1 Å². The highest BCUT2D eigenvalue weighted by Crippen LogP contribution is 2.41. The minimum atomic E-state index is 0.120. The summed E-state index contributed by atoms with van der Waals surface area (Å²) in [5.41, 5.74) is 10.8. The van der Waals surface area contributed by atoms with Gasteiger partial charge < -0.3 is 10.5 Å². The van der Waals surface area contributed by atoms with Crippen molar-refractivity contribution in [3.05, 3.63) is 53.6 Å². The molecule has 3 rings (SSSR count). The van der Waals surface area contributed by atoms with E-state index in [2.05, 4.69) is 50.2 Å². The molecule has 0 aromatic heterocycles. The second-order valence-corrected chi connectivity index (χ2v) is 5.76. The average Bonchev–Trinajstić information content (AvgIpc) is 2.90. The van der Waals surface area contributed by atoms with Crippen molar-refractivity contribution in [1.29, 1.82) is 0 Å². The van der Waals surface area contributed by atoms with Crippen molar-refractivity contribution < 1.29 is 4.74 Å². The van der Waals surface area contributed by atoms with Gasteiger partial charge in [0, 0.05) is 18.5 Å². The second-order valence-electron chi connectivity index (χ2n) is 5.76. The molecule has 1 heterocycles. The summed E-state index contributed by atoms with van der Waals surface area (Å²) in [6.45, 7) is 5.03. The lowest BCUT2D eigenvalue weighted by atomic mass is 9.93. The maximum atomic E-state index is 6.05. The molecule has 0 amide bonds. The van der Waals surface area contributed by atoms with E-state index in [4.69, 9.17) is 10.5 Å². The molecule has 2 heteroatoms. The van der Waals surface area contributed by atoms with E-state index < -0.39 is 0 Å². The zero-order valence-electron chi connectivity index (χ0n) is 12.1. The van der Waals surface area contributed by atoms with Gasteiger partial charge in [-0.1, -0.05) is 50.2 Å². The van der Waals surface area contributed by atoms with Crippen LogP contribution in [0, 0.1) is 0 Å². The van der Waals surface area contributed by atoms with E-state index in [0.29, 0.717) is 12.5 Å². The number of rotatable bonds is 3. The van der Waals surface area contributed by atoms with Crippen LogP contribution in [0.4, 0.5) is 0 Å². The third-order valence-electron chi connectivity index (χ3n) is 3.93. The van der Waals surface area contributed by atoms with Crippen LogP contribution in [-0.2, 0) is 6.42 Å². The average molecular weight is 267 g/mol. The molecule has 2 N–H and O–H groups in total. The molecular formula is C18H21NO. The van der Waals surface area contributed by atoms with E-state index in [-0.39, 0.29) is 6.10 Å². The quantitative estimate of drug-likeness (QED) is 0.919. The molecule has 0 radical (unpaired) electrons.